The van der Waals surface area contributed by atoms with E-state index in [-0.39, 0.29) is 16.7 Å². The van der Waals surface area contributed by atoms with Crippen LogP contribution in [0.15, 0.2) is 24.5 Å². The number of phenols is 1. The number of rotatable bonds is 7. The number of hydrogen-bond donors (Lipinski definition) is 2. The van der Waals surface area contributed by atoms with Crippen molar-refractivity contribution in [3.05, 3.63) is 47.0 Å². The summed E-state index contributed by atoms with van der Waals surface area (Å²) in [6, 6.07) is 4.11. The Hall–Kier alpha value is -2.30. The van der Waals surface area contributed by atoms with Gasteiger partial charge in [0.2, 0.25) is 5.91 Å². The fourth-order valence-electron chi connectivity index (χ4n) is 3.45. The Morgan fingerprint density at radius 3 is 2.17 bits per heavy atom. The fraction of sp³-hybridized carbons (Fsp3) is 0.583. The predicted molar refractivity (Wildman–Crippen MR) is 118 cm³/mol. The van der Waals surface area contributed by atoms with E-state index >= 15 is 0 Å². The summed E-state index contributed by atoms with van der Waals surface area (Å²) in [6.07, 6.45) is 5.75. The van der Waals surface area contributed by atoms with Crippen LogP contribution >= 0.6 is 0 Å². The van der Waals surface area contributed by atoms with E-state index in [1.54, 1.807) is 6.20 Å². The molecule has 1 aromatic carbocycles. The molecule has 5 heteroatoms. The number of phenolic OH excluding ortho intramolecular Hbond substituents is 1. The Bertz CT molecular complexity index is 804. The molecule has 2 rings (SSSR count). The van der Waals surface area contributed by atoms with Crippen LogP contribution in [0.25, 0.3) is 0 Å². The number of nitrogens with one attached hydrogen (secondary N) is 1. The second kappa shape index (κ2) is 9.02. The highest BCUT2D eigenvalue weighted by atomic mass is 16.3. The van der Waals surface area contributed by atoms with Crippen molar-refractivity contribution in [3.8, 4) is 5.75 Å². The average Bonchev–Trinajstić information content (AvgIpc) is 3.00. The van der Waals surface area contributed by atoms with Gasteiger partial charge in [0.1, 0.15) is 11.6 Å². The molecule has 29 heavy (non-hydrogen) atoms. The number of benzene rings is 1. The van der Waals surface area contributed by atoms with Gasteiger partial charge in [0, 0.05) is 31.9 Å². The van der Waals surface area contributed by atoms with E-state index in [0.29, 0.717) is 25.1 Å². The number of aromatic nitrogens is 2. The largest absolute Gasteiger partial charge is 0.507 e. The van der Waals surface area contributed by atoms with E-state index in [0.717, 1.165) is 35.5 Å². The first-order valence-corrected chi connectivity index (χ1v) is 10.5. The van der Waals surface area contributed by atoms with Crippen molar-refractivity contribution < 1.29 is 9.90 Å². The number of amides is 1. The smallest absolute Gasteiger partial charge is 0.220 e. The van der Waals surface area contributed by atoms with Crippen molar-refractivity contribution in [1.82, 2.24) is 14.9 Å². The van der Waals surface area contributed by atoms with Gasteiger partial charge in [-0.05, 0) is 47.3 Å². The van der Waals surface area contributed by atoms with Gasteiger partial charge >= 0.3 is 0 Å². The van der Waals surface area contributed by atoms with Gasteiger partial charge in [0.15, 0.2) is 0 Å². The van der Waals surface area contributed by atoms with Crippen molar-refractivity contribution in [2.24, 2.45) is 0 Å². The van der Waals surface area contributed by atoms with Crippen molar-refractivity contribution in [2.75, 3.05) is 6.54 Å². The lowest BCUT2D eigenvalue weighted by molar-refractivity contribution is -0.121. The third kappa shape index (κ3) is 6.34. The molecule has 1 amide bonds. The maximum Gasteiger partial charge on any atom is 0.220 e. The summed E-state index contributed by atoms with van der Waals surface area (Å²) in [5.74, 6) is 1.44. The molecule has 2 N–H and O–H groups in total. The standard InChI is InChI=1S/C24H37N3O2/c1-17-25-12-14-27(17)13-8-11-26-21(28)10-9-18-15-19(23(2,3)4)22(29)20(16-18)24(5,6)7/h12,14-16,29H,8-11,13H2,1-7H3,(H,26,28). The zero-order valence-electron chi connectivity index (χ0n) is 19.1. The lowest BCUT2D eigenvalue weighted by Gasteiger charge is -2.28. The number of nitrogens with zero attached hydrogens (tertiary/aromatic N) is 2. The maximum absolute atomic E-state index is 12.3. The van der Waals surface area contributed by atoms with Crippen molar-refractivity contribution in [2.45, 2.75) is 85.1 Å². The first-order chi connectivity index (χ1) is 13.4. The van der Waals surface area contributed by atoms with Crippen LogP contribution in [0, 0.1) is 6.92 Å². The van der Waals surface area contributed by atoms with Crippen LogP contribution in [0.1, 0.15) is 76.9 Å². The highest BCUT2D eigenvalue weighted by Gasteiger charge is 2.26. The minimum absolute atomic E-state index is 0.0649. The molecule has 0 aliphatic heterocycles. The molecule has 0 aliphatic carbocycles. The molecule has 0 saturated carbocycles. The summed E-state index contributed by atoms with van der Waals surface area (Å²) >= 11 is 0. The van der Waals surface area contributed by atoms with Gasteiger partial charge in [-0.25, -0.2) is 4.98 Å². The number of aryl methyl sites for hydroxylation is 3. The molecule has 1 aromatic heterocycles. The molecule has 2 aromatic rings. The molecule has 0 radical (unpaired) electrons. The second-order valence-corrected chi connectivity index (χ2v) is 9.91. The van der Waals surface area contributed by atoms with E-state index in [1.165, 1.54) is 0 Å². The van der Waals surface area contributed by atoms with Gasteiger partial charge in [0.05, 0.1) is 0 Å². The van der Waals surface area contributed by atoms with Gasteiger partial charge in [-0.3, -0.25) is 4.79 Å². The maximum atomic E-state index is 12.3. The third-order valence-electron chi connectivity index (χ3n) is 5.25. The van der Waals surface area contributed by atoms with Crippen LogP contribution in [0.3, 0.4) is 0 Å². The lowest BCUT2D eigenvalue weighted by Crippen LogP contribution is -2.25. The summed E-state index contributed by atoms with van der Waals surface area (Å²) in [5.41, 5.74) is 2.66. The van der Waals surface area contributed by atoms with Gasteiger partial charge in [-0.15, -0.1) is 0 Å². The van der Waals surface area contributed by atoms with Crippen LogP contribution in [0.5, 0.6) is 5.75 Å². The van der Waals surface area contributed by atoms with Crippen molar-refractivity contribution in [3.63, 3.8) is 0 Å². The number of carbonyl (C=O) groups excluding carboxylic acids is 1. The molecule has 0 aliphatic rings. The Balaban J connectivity index is 1.96. The summed E-state index contributed by atoms with van der Waals surface area (Å²) in [6.45, 7) is 16.1. The van der Waals surface area contributed by atoms with E-state index < -0.39 is 0 Å². The monoisotopic (exact) mass is 399 g/mol. The number of hydrogen-bond acceptors (Lipinski definition) is 3. The Labute approximate surface area is 175 Å². The Morgan fingerprint density at radius 2 is 1.69 bits per heavy atom. The highest BCUT2D eigenvalue weighted by Crippen LogP contribution is 2.39. The zero-order chi connectivity index (χ0) is 21.8. The summed E-state index contributed by atoms with van der Waals surface area (Å²) in [7, 11) is 0. The Morgan fingerprint density at radius 1 is 1.10 bits per heavy atom. The van der Waals surface area contributed by atoms with Crippen molar-refractivity contribution >= 4 is 5.91 Å². The average molecular weight is 400 g/mol. The quantitative estimate of drug-likeness (QED) is 0.667. The van der Waals surface area contributed by atoms with Gasteiger partial charge < -0.3 is 15.0 Å². The minimum atomic E-state index is -0.159. The molecular formula is C24H37N3O2. The highest BCUT2D eigenvalue weighted by molar-refractivity contribution is 5.76. The fourth-order valence-corrected chi connectivity index (χ4v) is 3.45. The zero-order valence-corrected chi connectivity index (χ0v) is 19.1. The number of imidazole rings is 1. The lowest BCUT2D eigenvalue weighted by atomic mass is 9.78. The molecule has 1 heterocycles. The van der Waals surface area contributed by atoms with Crippen LogP contribution in [0.4, 0.5) is 0 Å². The summed E-state index contributed by atoms with van der Waals surface area (Å²) < 4.78 is 2.09. The van der Waals surface area contributed by atoms with Crippen LogP contribution in [-0.4, -0.2) is 27.1 Å². The van der Waals surface area contributed by atoms with Crippen molar-refractivity contribution in [1.29, 1.82) is 0 Å². The molecule has 0 fully saturated rings. The van der Waals surface area contributed by atoms with Crippen LogP contribution < -0.4 is 5.32 Å². The summed E-state index contributed by atoms with van der Waals surface area (Å²) in [4.78, 5) is 16.5. The minimum Gasteiger partial charge on any atom is -0.507 e. The number of aromatic hydroxyl groups is 1. The molecule has 0 saturated heterocycles. The van der Waals surface area contributed by atoms with E-state index in [4.69, 9.17) is 0 Å². The molecule has 0 unspecified atom stereocenters. The summed E-state index contributed by atoms with van der Waals surface area (Å²) in [5, 5.41) is 13.8. The Kier molecular flexibility index (Phi) is 7.15. The predicted octanol–water partition coefficient (Wildman–Crippen LogP) is 4.63. The van der Waals surface area contributed by atoms with Crippen LogP contribution in [-0.2, 0) is 28.6 Å². The van der Waals surface area contributed by atoms with E-state index in [1.807, 2.05) is 13.1 Å². The second-order valence-electron chi connectivity index (χ2n) is 9.91. The third-order valence-corrected chi connectivity index (χ3v) is 5.25. The van der Waals surface area contributed by atoms with Crippen LogP contribution in [0.2, 0.25) is 0 Å². The SMILES string of the molecule is Cc1nccn1CCCNC(=O)CCc1cc(C(C)(C)C)c(O)c(C(C)(C)C)c1. The number of carbonyl (C=O) groups is 1. The molecule has 160 valence electrons. The molecule has 0 atom stereocenters. The van der Waals surface area contributed by atoms with E-state index in [2.05, 4.69) is 68.5 Å². The molecule has 5 nitrogen and oxygen atoms in total. The normalized spacial score (nSPS) is 12.2. The first kappa shape index (κ1) is 23.0. The van der Waals surface area contributed by atoms with Gasteiger partial charge in [-0.1, -0.05) is 53.7 Å². The van der Waals surface area contributed by atoms with E-state index in [9.17, 15) is 9.90 Å². The molecular weight excluding hydrogens is 362 g/mol. The van der Waals surface area contributed by atoms with Gasteiger partial charge in [-0.2, -0.15) is 0 Å². The first-order valence-electron chi connectivity index (χ1n) is 10.5. The molecule has 0 bridgehead atoms. The topological polar surface area (TPSA) is 67.2 Å². The molecule has 0 spiro atoms. The van der Waals surface area contributed by atoms with Gasteiger partial charge in [0.25, 0.3) is 0 Å².